The minimum atomic E-state index is -0.570. The van der Waals surface area contributed by atoms with Gasteiger partial charge in [0.15, 0.2) is 0 Å². The highest BCUT2D eigenvalue weighted by Crippen LogP contribution is 2.25. The van der Waals surface area contributed by atoms with Crippen LogP contribution in [0.1, 0.15) is 19.8 Å². The lowest BCUT2D eigenvalue weighted by Crippen LogP contribution is -2.38. The average Bonchev–Trinajstić information content (AvgIpc) is 2.85. The first kappa shape index (κ1) is 14.7. The van der Waals surface area contributed by atoms with Crippen LogP contribution in [0.15, 0.2) is 18.2 Å². The summed E-state index contributed by atoms with van der Waals surface area (Å²) in [5.74, 6) is -0.570. The van der Waals surface area contributed by atoms with Crippen LogP contribution in [-0.2, 0) is 0 Å². The molecule has 0 bridgehead atoms. The molecule has 0 aromatic heterocycles. The predicted molar refractivity (Wildman–Crippen MR) is 76.6 cm³/mol. The zero-order chi connectivity index (χ0) is 14.7. The third kappa shape index (κ3) is 3.25. The first-order valence-corrected chi connectivity index (χ1v) is 6.91. The van der Waals surface area contributed by atoms with E-state index in [2.05, 4.69) is 11.8 Å². The molecule has 1 heterocycles. The number of likely N-dealkylation sites (N-methyl/N-ethyl adjacent to an activating group) is 2. The van der Waals surface area contributed by atoms with Crippen LogP contribution < -0.4 is 4.90 Å². The van der Waals surface area contributed by atoms with Crippen LogP contribution in [-0.4, -0.2) is 42.5 Å². The van der Waals surface area contributed by atoms with Gasteiger partial charge in [-0.3, -0.25) is 15.0 Å². The number of likely N-dealkylation sites (tertiary alicyclic amines) is 1. The van der Waals surface area contributed by atoms with Gasteiger partial charge in [-0.2, -0.15) is 0 Å². The Morgan fingerprint density at radius 3 is 2.90 bits per heavy atom. The molecule has 6 heteroatoms. The number of benzene rings is 1. The quantitative estimate of drug-likeness (QED) is 0.615. The molecule has 1 unspecified atom stereocenters. The van der Waals surface area contributed by atoms with Crippen LogP contribution in [0.3, 0.4) is 0 Å². The molecule has 1 fully saturated rings. The van der Waals surface area contributed by atoms with Gasteiger partial charge in [-0.15, -0.1) is 0 Å². The van der Waals surface area contributed by atoms with Gasteiger partial charge in [-0.05, 0) is 32.0 Å². The van der Waals surface area contributed by atoms with Crippen LogP contribution in [0.5, 0.6) is 0 Å². The van der Waals surface area contributed by atoms with E-state index in [-0.39, 0.29) is 5.69 Å². The normalized spacial score (nSPS) is 19.2. The number of nitro groups is 1. The number of hydrogen-bond acceptors (Lipinski definition) is 4. The number of nitro benzene ring substituents is 1. The third-order valence-corrected chi connectivity index (χ3v) is 3.91. The summed E-state index contributed by atoms with van der Waals surface area (Å²) < 4.78 is 13.5. The van der Waals surface area contributed by atoms with E-state index >= 15 is 0 Å². The van der Waals surface area contributed by atoms with Crippen LogP contribution in [0, 0.1) is 15.9 Å². The molecule has 0 amide bonds. The van der Waals surface area contributed by atoms with Crippen LogP contribution in [0.4, 0.5) is 15.8 Å². The largest absolute Gasteiger partial charge is 0.373 e. The molecule has 1 aromatic rings. The standard InChI is InChI=1S/C14H20FN3O2/c1-3-17-6-4-5-12(17)10-16(2)13-7-11(15)8-14(9-13)18(19)20/h7-9,12H,3-6,10H2,1-2H3. The molecule has 0 radical (unpaired) electrons. The van der Waals surface area contributed by atoms with Crippen molar-refractivity contribution >= 4 is 11.4 Å². The van der Waals surface area contributed by atoms with Crippen molar-refractivity contribution in [2.75, 3.05) is 31.6 Å². The van der Waals surface area contributed by atoms with Gasteiger partial charge in [0, 0.05) is 31.4 Å². The van der Waals surface area contributed by atoms with Gasteiger partial charge in [0.2, 0.25) is 0 Å². The van der Waals surface area contributed by atoms with Crippen molar-refractivity contribution in [2.24, 2.45) is 0 Å². The van der Waals surface area contributed by atoms with Gasteiger partial charge in [-0.25, -0.2) is 4.39 Å². The van der Waals surface area contributed by atoms with Crippen molar-refractivity contribution < 1.29 is 9.31 Å². The minimum absolute atomic E-state index is 0.203. The summed E-state index contributed by atoms with van der Waals surface area (Å²) in [4.78, 5) is 14.5. The number of rotatable bonds is 5. The van der Waals surface area contributed by atoms with Gasteiger partial charge in [0.25, 0.3) is 5.69 Å². The van der Waals surface area contributed by atoms with E-state index in [4.69, 9.17) is 0 Å². The minimum Gasteiger partial charge on any atom is -0.373 e. The summed E-state index contributed by atoms with van der Waals surface area (Å²) >= 11 is 0. The topological polar surface area (TPSA) is 49.6 Å². The second-order valence-corrected chi connectivity index (χ2v) is 5.23. The third-order valence-electron chi connectivity index (χ3n) is 3.91. The Kier molecular flexibility index (Phi) is 4.54. The van der Waals surface area contributed by atoms with Crippen molar-refractivity contribution in [3.63, 3.8) is 0 Å². The average molecular weight is 281 g/mol. The fourth-order valence-corrected chi connectivity index (χ4v) is 2.82. The zero-order valence-electron chi connectivity index (χ0n) is 11.9. The lowest BCUT2D eigenvalue weighted by Gasteiger charge is -2.28. The maximum absolute atomic E-state index is 13.5. The molecule has 110 valence electrons. The molecule has 0 N–H and O–H groups in total. The second-order valence-electron chi connectivity index (χ2n) is 5.23. The van der Waals surface area contributed by atoms with Gasteiger partial charge in [0.1, 0.15) is 5.82 Å². The van der Waals surface area contributed by atoms with Crippen LogP contribution in [0.25, 0.3) is 0 Å². The molecule has 1 aliphatic rings. The van der Waals surface area contributed by atoms with E-state index in [0.717, 1.165) is 32.1 Å². The maximum atomic E-state index is 13.5. The molecular weight excluding hydrogens is 261 g/mol. The number of hydrogen-bond donors (Lipinski definition) is 0. The Hall–Kier alpha value is -1.69. The van der Waals surface area contributed by atoms with Crippen LogP contribution >= 0.6 is 0 Å². The van der Waals surface area contributed by atoms with Crippen molar-refractivity contribution in [2.45, 2.75) is 25.8 Å². The molecule has 2 rings (SSSR count). The SMILES string of the molecule is CCN1CCCC1CN(C)c1cc(F)cc([N+](=O)[O-])c1. The zero-order valence-corrected chi connectivity index (χ0v) is 11.9. The molecule has 1 atom stereocenters. The van der Waals surface area contributed by atoms with Gasteiger partial charge in [0.05, 0.1) is 11.0 Å². The van der Waals surface area contributed by atoms with Crippen molar-refractivity contribution in [3.8, 4) is 0 Å². The lowest BCUT2D eigenvalue weighted by molar-refractivity contribution is -0.385. The highest BCUT2D eigenvalue weighted by atomic mass is 19.1. The first-order chi connectivity index (χ1) is 9.51. The molecule has 0 saturated carbocycles. The summed E-state index contributed by atoms with van der Waals surface area (Å²) in [5.41, 5.74) is 0.352. The van der Waals surface area contributed by atoms with Crippen molar-refractivity contribution in [1.82, 2.24) is 4.90 Å². The first-order valence-electron chi connectivity index (χ1n) is 6.91. The Bertz CT molecular complexity index is 495. The molecule has 1 saturated heterocycles. The highest BCUT2D eigenvalue weighted by molar-refractivity contribution is 5.53. The Morgan fingerprint density at radius 1 is 1.50 bits per heavy atom. The van der Waals surface area contributed by atoms with Gasteiger partial charge in [-0.1, -0.05) is 6.92 Å². The molecule has 5 nitrogen and oxygen atoms in total. The molecule has 20 heavy (non-hydrogen) atoms. The maximum Gasteiger partial charge on any atom is 0.274 e. The summed E-state index contributed by atoms with van der Waals surface area (Å²) in [5, 5.41) is 10.8. The number of non-ortho nitro benzene ring substituents is 1. The molecule has 1 aliphatic heterocycles. The summed E-state index contributed by atoms with van der Waals surface area (Å²) in [6.45, 7) is 4.99. The fourth-order valence-electron chi connectivity index (χ4n) is 2.82. The van der Waals surface area contributed by atoms with Crippen LogP contribution in [0.2, 0.25) is 0 Å². The van der Waals surface area contributed by atoms with E-state index in [1.54, 1.807) is 0 Å². The van der Waals surface area contributed by atoms with E-state index in [0.29, 0.717) is 11.7 Å². The predicted octanol–water partition coefficient (Wildman–Crippen LogP) is 2.65. The summed E-state index contributed by atoms with van der Waals surface area (Å²) in [7, 11) is 1.85. The molecular formula is C14H20FN3O2. The number of anilines is 1. The van der Waals surface area contributed by atoms with E-state index in [9.17, 15) is 14.5 Å². The summed E-state index contributed by atoms with van der Waals surface area (Å²) in [6, 6.07) is 4.16. The van der Waals surface area contributed by atoms with E-state index < -0.39 is 10.7 Å². The monoisotopic (exact) mass is 281 g/mol. The number of nitrogens with zero attached hydrogens (tertiary/aromatic N) is 3. The van der Waals surface area contributed by atoms with Gasteiger partial charge < -0.3 is 4.90 Å². The Balaban J connectivity index is 2.12. The van der Waals surface area contributed by atoms with Crippen molar-refractivity contribution in [3.05, 3.63) is 34.1 Å². The molecule has 0 spiro atoms. The molecule has 1 aromatic carbocycles. The Labute approximate surface area is 118 Å². The fraction of sp³-hybridized carbons (Fsp3) is 0.571. The van der Waals surface area contributed by atoms with E-state index in [1.165, 1.54) is 18.6 Å². The summed E-state index contributed by atoms with van der Waals surface area (Å²) in [6.07, 6.45) is 2.30. The van der Waals surface area contributed by atoms with Gasteiger partial charge >= 0.3 is 0 Å². The molecule has 0 aliphatic carbocycles. The smallest absolute Gasteiger partial charge is 0.274 e. The van der Waals surface area contributed by atoms with Crippen molar-refractivity contribution in [1.29, 1.82) is 0 Å². The Morgan fingerprint density at radius 2 is 2.25 bits per heavy atom. The second kappa shape index (κ2) is 6.17. The lowest BCUT2D eigenvalue weighted by atomic mass is 10.2. The van der Waals surface area contributed by atoms with E-state index in [1.807, 2.05) is 11.9 Å². The number of halogens is 1. The highest BCUT2D eigenvalue weighted by Gasteiger charge is 2.24.